The number of aromatic nitrogens is 1. The van der Waals surface area contributed by atoms with Crippen molar-refractivity contribution in [1.29, 1.82) is 0 Å². The molecule has 1 rings (SSSR count). The fourth-order valence-corrected chi connectivity index (χ4v) is 1.65. The number of hydrogen-bond acceptors (Lipinski definition) is 3. The molecule has 0 aromatic carbocycles. The summed E-state index contributed by atoms with van der Waals surface area (Å²) >= 11 is 4.90. The number of unbranched alkanes of at least 4 members (excludes halogenated alkanes) is 4. The van der Waals surface area contributed by atoms with E-state index in [4.69, 9.17) is 22.7 Å². The fourth-order valence-electron chi connectivity index (χ4n) is 1.52. The molecule has 0 radical (unpaired) electrons. The first kappa shape index (κ1) is 13.9. The standard InChI is InChI=1S/C13H20N2OS/c1-2-3-4-5-6-9-16-12-10-11(13(14)17)7-8-15-12/h7-8,10H,2-6,9H2,1H3,(H2,14,17). The maximum atomic E-state index is 5.55. The van der Waals surface area contributed by atoms with E-state index in [0.717, 1.165) is 12.0 Å². The smallest absolute Gasteiger partial charge is 0.213 e. The first-order chi connectivity index (χ1) is 8.24. The van der Waals surface area contributed by atoms with Gasteiger partial charge in [0.2, 0.25) is 5.88 Å². The number of rotatable bonds is 8. The predicted octanol–water partition coefficient (Wildman–Crippen LogP) is 3.07. The molecule has 0 atom stereocenters. The number of nitrogens with two attached hydrogens (primary N) is 1. The van der Waals surface area contributed by atoms with Crippen LogP contribution >= 0.6 is 12.2 Å². The lowest BCUT2D eigenvalue weighted by molar-refractivity contribution is 0.293. The Balaban J connectivity index is 2.27. The summed E-state index contributed by atoms with van der Waals surface area (Å²) in [5.41, 5.74) is 6.34. The molecule has 0 amide bonds. The molecular weight excluding hydrogens is 232 g/mol. The Bertz CT molecular complexity index is 355. The molecule has 0 unspecified atom stereocenters. The number of pyridine rings is 1. The maximum Gasteiger partial charge on any atom is 0.213 e. The van der Waals surface area contributed by atoms with Crippen molar-refractivity contribution in [2.75, 3.05) is 6.61 Å². The van der Waals surface area contributed by atoms with Crippen molar-refractivity contribution in [3.05, 3.63) is 23.9 Å². The van der Waals surface area contributed by atoms with Crippen molar-refractivity contribution in [1.82, 2.24) is 4.98 Å². The lowest BCUT2D eigenvalue weighted by Crippen LogP contribution is -2.10. The zero-order chi connectivity index (χ0) is 12.5. The van der Waals surface area contributed by atoms with Crippen LogP contribution < -0.4 is 10.5 Å². The van der Waals surface area contributed by atoms with Crippen molar-refractivity contribution in [3.63, 3.8) is 0 Å². The minimum Gasteiger partial charge on any atom is -0.478 e. The van der Waals surface area contributed by atoms with Crippen LogP contribution in [0.3, 0.4) is 0 Å². The average molecular weight is 252 g/mol. The highest BCUT2D eigenvalue weighted by Gasteiger charge is 2.00. The van der Waals surface area contributed by atoms with Crippen molar-refractivity contribution in [3.8, 4) is 5.88 Å². The van der Waals surface area contributed by atoms with E-state index in [0.29, 0.717) is 17.5 Å². The largest absolute Gasteiger partial charge is 0.478 e. The summed E-state index contributed by atoms with van der Waals surface area (Å²) in [5.74, 6) is 0.603. The van der Waals surface area contributed by atoms with Gasteiger partial charge >= 0.3 is 0 Å². The lowest BCUT2D eigenvalue weighted by Gasteiger charge is -2.06. The molecule has 1 heterocycles. The van der Waals surface area contributed by atoms with Crippen LogP contribution in [0.1, 0.15) is 44.6 Å². The van der Waals surface area contributed by atoms with Gasteiger partial charge in [-0.3, -0.25) is 0 Å². The summed E-state index contributed by atoms with van der Waals surface area (Å²) < 4.78 is 5.55. The molecule has 0 aliphatic carbocycles. The Morgan fingerprint density at radius 3 is 2.82 bits per heavy atom. The van der Waals surface area contributed by atoms with Gasteiger partial charge in [-0.05, 0) is 12.5 Å². The van der Waals surface area contributed by atoms with Gasteiger partial charge in [-0.25, -0.2) is 4.98 Å². The Kier molecular flexibility index (Phi) is 6.55. The Morgan fingerprint density at radius 2 is 2.12 bits per heavy atom. The van der Waals surface area contributed by atoms with Gasteiger partial charge < -0.3 is 10.5 Å². The second kappa shape index (κ2) is 8.01. The molecule has 1 aromatic heterocycles. The SMILES string of the molecule is CCCCCCCOc1cc(C(N)=S)ccn1. The van der Waals surface area contributed by atoms with Crippen molar-refractivity contribution >= 4 is 17.2 Å². The van der Waals surface area contributed by atoms with Gasteiger partial charge in [0.1, 0.15) is 4.99 Å². The summed E-state index contributed by atoms with van der Waals surface area (Å²) in [6, 6.07) is 3.57. The minimum absolute atomic E-state index is 0.375. The van der Waals surface area contributed by atoms with E-state index in [1.54, 1.807) is 18.3 Å². The summed E-state index contributed by atoms with van der Waals surface area (Å²) in [5, 5.41) is 0. The first-order valence-corrected chi connectivity index (χ1v) is 6.53. The minimum atomic E-state index is 0.375. The molecule has 1 aromatic rings. The van der Waals surface area contributed by atoms with E-state index in [9.17, 15) is 0 Å². The highest BCUT2D eigenvalue weighted by molar-refractivity contribution is 7.80. The van der Waals surface area contributed by atoms with E-state index in [1.807, 2.05) is 0 Å². The van der Waals surface area contributed by atoms with Crippen molar-refractivity contribution < 1.29 is 4.74 Å². The number of ether oxygens (including phenoxy) is 1. The Morgan fingerprint density at radius 1 is 1.35 bits per heavy atom. The van der Waals surface area contributed by atoms with E-state index in [2.05, 4.69) is 11.9 Å². The highest BCUT2D eigenvalue weighted by atomic mass is 32.1. The van der Waals surface area contributed by atoms with E-state index in [-0.39, 0.29) is 0 Å². The van der Waals surface area contributed by atoms with Crippen molar-refractivity contribution in [2.45, 2.75) is 39.0 Å². The molecule has 3 nitrogen and oxygen atoms in total. The monoisotopic (exact) mass is 252 g/mol. The van der Waals surface area contributed by atoms with Crippen LogP contribution in [0.25, 0.3) is 0 Å². The lowest BCUT2D eigenvalue weighted by atomic mass is 10.2. The molecule has 94 valence electrons. The maximum absolute atomic E-state index is 5.55. The third kappa shape index (κ3) is 5.63. The Hall–Kier alpha value is -1.16. The third-order valence-corrected chi connectivity index (χ3v) is 2.75. The fraction of sp³-hybridized carbons (Fsp3) is 0.538. The molecule has 0 saturated heterocycles. The van der Waals surface area contributed by atoms with E-state index in [1.165, 1.54) is 25.7 Å². The highest BCUT2D eigenvalue weighted by Crippen LogP contribution is 2.10. The summed E-state index contributed by atoms with van der Waals surface area (Å²) in [6.45, 7) is 2.92. The molecule has 2 N–H and O–H groups in total. The summed E-state index contributed by atoms with van der Waals surface area (Å²) in [7, 11) is 0. The van der Waals surface area contributed by atoms with Gasteiger partial charge in [-0.2, -0.15) is 0 Å². The molecule has 0 aliphatic rings. The van der Waals surface area contributed by atoms with Gasteiger partial charge in [-0.15, -0.1) is 0 Å². The number of nitrogens with zero attached hydrogens (tertiary/aromatic N) is 1. The van der Waals surface area contributed by atoms with Gasteiger partial charge in [0.05, 0.1) is 6.61 Å². The van der Waals surface area contributed by atoms with Crippen LogP contribution in [-0.2, 0) is 0 Å². The molecule has 17 heavy (non-hydrogen) atoms. The zero-order valence-electron chi connectivity index (χ0n) is 10.3. The van der Waals surface area contributed by atoms with Crippen LogP contribution in [0, 0.1) is 0 Å². The number of hydrogen-bond donors (Lipinski definition) is 1. The zero-order valence-corrected chi connectivity index (χ0v) is 11.1. The van der Waals surface area contributed by atoms with Crippen LogP contribution in [0.4, 0.5) is 0 Å². The summed E-state index contributed by atoms with van der Waals surface area (Å²) in [4.78, 5) is 4.49. The van der Waals surface area contributed by atoms with E-state index >= 15 is 0 Å². The van der Waals surface area contributed by atoms with Crippen LogP contribution in [0.15, 0.2) is 18.3 Å². The quantitative estimate of drug-likeness (QED) is 0.570. The number of thiocarbonyl (C=S) groups is 1. The van der Waals surface area contributed by atoms with E-state index < -0.39 is 0 Å². The second-order valence-electron chi connectivity index (χ2n) is 4.01. The van der Waals surface area contributed by atoms with Gasteiger partial charge in [0, 0.05) is 17.8 Å². The van der Waals surface area contributed by atoms with Crippen LogP contribution in [0.5, 0.6) is 5.88 Å². The molecule has 4 heteroatoms. The average Bonchev–Trinajstić information content (AvgIpc) is 2.34. The normalized spacial score (nSPS) is 10.2. The molecule has 0 bridgehead atoms. The third-order valence-electron chi connectivity index (χ3n) is 2.52. The topological polar surface area (TPSA) is 48.1 Å². The second-order valence-corrected chi connectivity index (χ2v) is 4.45. The first-order valence-electron chi connectivity index (χ1n) is 6.12. The van der Waals surface area contributed by atoms with Gasteiger partial charge in [-0.1, -0.05) is 44.8 Å². The van der Waals surface area contributed by atoms with Gasteiger partial charge in [0.15, 0.2) is 0 Å². The predicted molar refractivity (Wildman–Crippen MR) is 74.4 cm³/mol. The van der Waals surface area contributed by atoms with Gasteiger partial charge in [0.25, 0.3) is 0 Å². The van der Waals surface area contributed by atoms with Crippen LogP contribution in [-0.4, -0.2) is 16.6 Å². The van der Waals surface area contributed by atoms with Crippen molar-refractivity contribution in [2.24, 2.45) is 5.73 Å². The Labute approximate surface area is 108 Å². The molecular formula is C13H20N2OS. The summed E-state index contributed by atoms with van der Waals surface area (Å²) in [6.07, 6.45) is 7.79. The van der Waals surface area contributed by atoms with Crippen LogP contribution in [0.2, 0.25) is 0 Å². The molecule has 0 aliphatic heterocycles. The molecule has 0 spiro atoms. The molecule has 0 saturated carbocycles. The molecule has 0 fully saturated rings.